The minimum absolute atomic E-state index is 0.122. The summed E-state index contributed by atoms with van der Waals surface area (Å²) < 4.78 is 10.3. The summed E-state index contributed by atoms with van der Waals surface area (Å²) in [5, 5.41) is 6.20. The third kappa shape index (κ3) is 10.8. The lowest BCUT2D eigenvalue weighted by Gasteiger charge is -2.08. The van der Waals surface area contributed by atoms with Crippen LogP contribution in [0, 0.1) is 20.8 Å². The molecule has 2 aromatic carbocycles. The Hall–Kier alpha value is -5.49. The van der Waals surface area contributed by atoms with Crippen LogP contribution in [0.3, 0.4) is 0 Å². The van der Waals surface area contributed by atoms with Crippen LogP contribution >= 0.6 is 11.6 Å². The molecule has 260 valence electrons. The fourth-order valence-corrected chi connectivity index (χ4v) is 5.70. The molecule has 6 rings (SSSR count). The van der Waals surface area contributed by atoms with Crippen molar-refractivity contribution in [2.75, 3.05) is 23.8 Å². The standard InChI is InChI=1S/C19H22N4O2.C18H19ClN4O2/c1-12-9-13(2)21-17(10-12)18(24)22-15-6-3-14(4-7-15)5-8-16-11-25-19(20)23-16;1-11-8-13(19)9-16(21-11)17(24)22-14-5-2-12(3-6-14)4-7-15-10-25-18(20)23-15/h3-4,6-7,9-10,16H,5,8,11H2,1-2H3,(H2,20,23)(H,22,24);2-3,5-6,8-9,15H,4,7,10H2,1H3,(H2,20,23)(H,22,24)/t16-;15-/m00/s1. The van der Waals surface area contributed by atoms with Crippen molar-refractivity contribution in [1.82, 2.24) is 9.97 Å². The molecule has 0 spiro atoms. The molecule has 0 radical (unpaired) electrons. The zero-order valence-electron chi connectivity index (χ0n) is 28.3. The molecule has 4 heterocycles. The maximum absolute atomic E-state index is 12.3. The van der Waals surface area contributed by atoms with Crippen LogP contribution in [0.4, 0.5) is 11.4 Å². The zero-order chi connectivity index (χ0) is 35.6. The third-order valence-electron chi connectivity index (χ3n) is 7.90. The lowest BCUT2D eigenvalue weighted by molar-refractivity contribution is 0.101. The van der Waals surface area contributed by atoms with Gasteiger partial charge in [-0.2, -0.15) is 0 Å². The van der Waals surface area contributed by atoms with Crippen LogP contribution in [0.2, 0.25) is 5.02 Å². The average Bonchev–Trinajstić information content (AvgIpc) is 3.70. The highest BCUT2D eigenvalue weighted by molar-refractivity contribution is 6.31. The molecule has 0 saturated carbocycles. The Morgan fingerprint density at radius 3 is 1.54 bits per heavy atom. The Kier molecular flexibility index (Phi) is 12.0. The highest BCUT2D eigenvalue weighted by Crippen LogP contribution is 2.18. The lowest BCUT2D eigenvalue weighted by atomic mass is 10.1. The molecule has 4 aromatic rings. The number of hydrogen-bond donors (Lipinski definition) is 4. The van der Waals surface area contributed by atoms with E-state index in [0.717, 1.165) is 48.2 Å². The number of pyridine rings is 2. The molecular weight excluding hydrogens is 656 g/mol. The Balaban J connectivity index is 0.000000194. The maximum Gasteiger partial charge on any atom is 0.282 e. The number of nitrogens with one attached hydrogen (secondary N) is 2. The molecule has 50 heavy (non-hydrogen) atoms. The number of aromatic nitrogens is 2. The minimum Gasteiger partial charge on any atom is -0.463 e. The van der Waals surface area contributed by atoms with E-state index >= 15 is 0 Å². The van der Waals surface area contributed by atoms with Crippen molar-refractivity contribution < 1.29 is 19.1 Å². The first-order valence-corrected chi connectivity index (χ1v) is 16.7. The van der Waals surface area contributed by atoms with Crippen LogP contribution < -0.4 is 22.1 Å². The van der Waals surface area contributed by atoms with Gasteiger partial charge in [-0.15, -0.1) is 0 Å². The molecule has 2 aliphatic rings. The van der Waals surface area contributed by atoms with E-state index in [1.807, 2.05) is 68.4 Å². The number of aryl methyl sites for hydroxylation is 5. The topological polar surface area (TPSA) is 179 Å². The average molecular weight is 697 g/mol. The monoisotopic (exact) mass is 696 g/mol. The van der Waals surface area contributed by atoms with Gasteiger partial charge in [0, 0.05) is 27.8 Å². The number of hydrogen-bond acceptors (Lipinski definition) is 10. The van der Waals surface area contributed by atoms with Crippen molar-refractivity contribution in [2.45, 2.75) is 58.5 Å². The first kappa shape index (κ1) is 35.8. The van der Waals surface area contributed by atoms with Gasteiger partial charge in [0.2, 0.25) is 0 Å². The third-order valence-corrected chi connectivity index (χ3v) is 8.12. The first-order valence-electron chi connectivity index (χ1n) is 16.3. The van der Waals surface area contributed by atoms with Crippen molar-refractivity contribution in [2.24, 2.45) is 21.5 Å². The van der Waals surface area contributed by atoms with E-state index in [2.05, 4.69) is 30.6 Å². The summed E-state index contributed by atoms with van der Waals surface area (Å²) in [7, 11) is 0. The smallest absolute Gasteiger partial charge is 0.282 e. The van der Waals surface area contributed by atoms with Crippen LogP contribution in [-0.2, 0) is 22.3 Å². The summed E-state index contributed by atoms with van der Waals surface area (Å²) in [6, 6.07) is 23.3. The second-order valence-electron chi connectivity index (χ2n) is 12.2. The summed E-state index contributed by atoms with van der Waals surface area (Å²) in [5.41, 5.74) is 18.1. The number of carbonyl (C=O) groups excluding carboxylic acids is 2. The Labute approximate surface area is 296 Å². The lowest BCUT2D eigenvalue weighted by Crippen LogP contribution is -2.14. The van der Waals surface area contributed by atoms with Crippen molar-refractivity contribution in [3.05, 3.63) is 117 Å². The molecular formula is C37H41ClN8O4. The molecule has 2 aromatic heterocycles. The SMILES string of the molecule is Cc1cc(C)nc(C(=O)Nc2ccc(CC[C@H]3COC(N)=N3)cc2)c1.Cc1cc(Cl)cc(C(=O)Nc2ccc(CC[C@H]3COC(N)=N3)cc2)n1. The quantitative estimate of drug-likeness (QED) is 0.167. The molecule has 0 saturated heterocycles. The van der Waals surface area contributed by atoms with E-state index < -0.39 is 0 Å². The molecule has 0 bridgehead atoms. The number of nitrogens with two attached hydrogens (primary N) is 2. The number of anilines is 2. The van der Waals surface area contributed by atoms with Gasteiger partial charge in [-0.25, -0.2) is 20.0 Å². The van der Waals surface area contributed by atoms with E-state index in [-0.39, 0.29) is 35.9 Å². The molecule has 0 aliphatic carbocycles. The van der Waals surface area contributed by atoms with Gasteiger partial charge in [0.25, 0.3) is 23.9 Å². The van der Waals surface area contributed by atoms with E-state index in [9.17, 15) is 9.59 Å². The first-order chi connectivity index (χ1) is 24.0. The number of benzene rings is 2. The Morgan fingerprint density at radius 2 is 1.14 bits per heavy atom. The highest BCUT2D eigenvalue weighted by Gasteiger charge is 2.17. The predicted molar refractivity (Wildman–Crippen MR) is 196 cm³/mol. The largest absolute Gasteiger partial charge is 0.463 e. The van der Waals surface area contributed by atoms with Crippen molar-refractivity contribution in [1.29, 1.82) is 0 Å². The second kappa shape index (κ2) is 16.8. The molecule has 12 nitrogen and oxygen atoms in total. The normalized spacial score (nSPS) is 16.2. The Morgan fingerprint density at radius 1 is 0.700 bits per heavy atom. The van der Waals surface area contributed by atoms with Crippen molar-refractivity contribution in [3.63, 3.8) is 0 Å². The zero-order valence-corrected chi connectivity index (χ0v) is 29.0. The molecule has 6 N–H and O–H groups in total. The van der Waals surface area contributed by atoms with Gasteiger partial charge in [0.1, 0.15) is 24.6 Å². The number of aliphatic imine (C=N–C) groups is 2. The maximum atomic E-state index is 12.3. The number of carbonyl (C=O) groups is 2. The number of halogens is 1. The number of ether oxygens (including phenoxy) is 2. The van der Waals surface area contributed by atoms with Gasteiger partial charge in [0.15, 0.2) is 0 Å². The summed E-state index contributed by atoms with van der Waals surface area (Å²) in [4.78, 5) is 41.5. The summed E-state index contributed by atoms with van der Waals surface area (Å²) in [5.74, 6) is -0.487. The van der Waals surface area contributed by atoms with Crippen LogP contribution in [0.15, 0.2) is 82.8 Å². The van der Waals surface area contributed by atoms with E-state index in [4.69, 9.17) is 32.5 Å². The van der Waals surface area contributed by atoms with Crippen LogP contribution in [0.25, 0.3) is 0 Å². The van der Waals surface area contributed by atoms with Crippen LogP contribution in [0.5, 0.6) is 0 Å². The fourth-order valence-electron chi connectivity index (χ4n) is 5.43. The predicted octanol–water partition coefficient (Wildman–Crippen LogP) is 5.54. The molecule has 2 amide bonds. The van der Waals surface area contributed by atoms with Gasteiger partial charge in [-0.1, -0.05) is 35.9 Å². The minimum atomic E-state index is -0.286. The van der Waals surface area contributed by atoms with Crippen LogP contribution in [-0.4, -0.2) is 59.1 Å². The molecule has 0 fully saturated rings. The summed E-state index contributed by atoms with van der Waals surface area (Å²) in [6.07, 6.45) is 3.52. The second-order valence-corrected chi connectivity index (χ2v) is 12.7. The summed E-state index contributed by atoms with van der Waals surface area (Å²) in [6.45, 7) is 6.73. The Bertz CT molecular complexity index is 1700. The van der Waals surface area contributed by atoms with Gasteiger partial charge in [-0.05, 0) is 112 Å². The van der Waals surface area contributed by atoms with Crippen LogP contribution in [0.1, 0.15) is 61.9 Å². The number of rotatable bonds is 10. The molecule has 0 unspecified atom stereocenters. The van der Waals surface area contributed by atoms with E-state index in [1.165, 1.54) is 5.56 Å². The number of nitrogens with zero attached hydrogens (tertiary/aromatic N) is 4. The molecule has 2 aliphatic heterocycles. The van der Waals surface area contributed by atoms with E-state index in [0.29, 0.717) is 41.0 Å². The van der Waals surface area contributed by atoms with Gasteiger partial charge in [-0.3, -0.25) is 9.59 Å². The molecule has 13 heteroatoms. The van der Waals surface area contributed by atoms with Gasteiger partial charge < -0.3 is 31.6 Å². The van der Waals surface area contributed by atoms with Crippen molar-refractivity contribution in [3.8, 4) is 0 Å². The fraction of sp³-hybridized carbons (Fsp3) is 0.297. The van der Waals surface area contributed by atoms with Gasteiger partial charge >= 0.3 is 0 Å². The van der Waals surface area contributed by atoms with Gasteiger partial charge in [0.05, 0.1) is 12.1 Å². The van der Waals surface area contributed by atoms with Crippen molar-refractivity contribution >= 4 is 46.8 Å². The number of amidine groups is 2. The summed E-state index contributed by atoms with van der Waals surface area (Å²) >= 11 is 5.97. The van der Waals surface area contributed by atoms with E-state index in [1.54, 1.807) is 25.1 Å². The molecule has 2 atom stereocenters. The number of amides is 2. The highest BCUT2D eigenvalue weighted by atomic mass is 35.5.